The predicted octanol–water partition coefficient (Wildman–Crippen LogP) is 3.21. The van der Waals surface area contributed by atoms with Crippen molar-refractivity contribution in [1.82, 2.24) is 4.90 Å². The van der Waals surface area contributed by atoms with E-state index < -0.39 is 16.8 Å². The number of nitro groups is 1. The summed E-state index contributed by atoms with van der Waals surface area (Å²) in [6, 6.07) is 8.01. The number of nitrogens with one attached hydrogen (secondary N) is 1. The number of hydrogen-bond acceptors (Lipinski definition) is 6. The molecule has 0 aliphatic carbocycles. The van der Waals surface area contributed by atoms with Crippen LogP contribution in [0.3, 0.4) is 0 Å². The van der Waals surface area contributed by atoms with Gasteiger partial charge in [0.1, 0.15) is 5.75 Å². The van der Waals surface area contributed by atoms with Crippen LogP contribution in [0.5, 0.6) is 11.5 Å². The number of ether oxygens (including phenoxy) is 2. The van der Waals surface area contributed by atoms with Gasteiger partial charge >= 0.3 is 0 Å². The SMILES string of the molecule is COc1ccc(CN(C)[C@H](C)C(=O)Nc2ccc([N+](=O)[O-])cc2OC)cc1F. The zero-order valence-corrected chi connectivity index (χ0v) is 16.1. The van der Waals surface area contributed by atoms with Crippen LogP contribution in [0, 0.1) is 15.9 Å². The molecule has 1 N–H and O–H groups in total. The number of rotatable bonds is 8. The Morgan fingerprint density at radius 3 is 2.46 bits per heavy atom. The minimum atomic E-state index is -0.551. The number of benzene rings is 2. The Bertz CT molecular complexity index is 875. The first-order valence-corrected chi connectivity index (χ1v) is 8.42. The number of carbonyl (C=O) groups excluding carboxylic acids is 1. The van der Waals surface area contributed by atoms with Crippen LogP contribution in [0.2, 0.25) is 0 Å². The van der Waals surface area contributed by atoms with Gasteiger partial charge < -0.3 is 14.8 Å². The summed E-state index contributed by atoms with van der Waals surface area (Å²) in [6.07, 6.45) is 0. The lowest BCUT2D eigenvalue weighted by Crippen LogP contribution is -2.39. The van der Waals surface area contributed by atoms with Crippen molar-refractivity contribution in [1.29, 1.82) is 0 Å². The number of anilines is 1. The predicted molar refractivity (Wildman–Crippen MR) is 102 cm³/mol. The third kappa shape index (κ3) is 4.95. The molecule has 0 saturated carbocycles. The maximum absolute atomic E-state index is 13.8. The highest BCUT2D eigenvalue weighted by atomic mass is 19.1. The van der Waals surface area contributed by atoms with Gasteiger partial charge in [0.15, 0.2) is 11.6 Å². The Kier molecular flexibility index (Phi) is 6.89. The van der Waals surface area contributed by atoms with E-state index in [0.29, 0.717) is 17.8 Å². The molecule has 0 unspecified atom stereocenters. The Morgan fingerprint density at radius 2 is 1.89 bits per heavy atom. The Morgan fingerprint density at radius 1 is 1.21 bits per heavy atom. The number of likely N-dealkylation sites (N-methyl/N-ethyl adjacent to an activating group) is 1. The summed E-state index contributed by atoms with van der Waals surface area (Å²) in [5.41, 5.74) is 0.878. The van der Waals surface area contributed by atoms with Crippen molar-refractivity contribution in [3.63, 3.8) is 0 Å². The van der Waals surface area contributed by atoms with Crippen molar-refractivity contribution < 1.29 is 23.6 Å². The third-order valence-corrected chi connectivity index (χ3v) is 4.34. The number of nitro benzene ring substituents is 1. The Balaban J connectivity index is 2.07. The van der Waals surface area contributed by atoms with Crippen LogP contribution in [-0.4, -0.2) is 43.0 Å². The molecular weight excluding hydrogens is 369 g/mol. The molecule has 1 amide bonds. The smallest absolute Gasteiger partial charge is 0.273 e. The number of carbonyl (C=O) groups is 1. The van der Waals surface area contributed by atoms with E-state index in [1.54, 1.807) is 24.9 Å². The standard InChI is InChI=1S/C19H22FN3O5/c1-12(22(2)11-13-5-8-17(27-3)15(20)9-13)19(24)21-16-7-6-14(23(25)26)10-18(16)28-4/h5-10,12H,11H2,1-4H3,(H,21,24)/t12-/m1/s1. The number of non-ortho nitro benzene ring substituents is 1. The quantitative estimate of drug-likeness (QED) is 0.549. The molecule has 28 heavy (non-hydrogen) atoms. The molecule has 8 nitrogen and oxygen atoms in total. The van der Waals surface area contributed by atoms with Crippen LogP contribution in [0.1, 0.15) is 12.5 Å². The van der Waals surface area contributed by atoms with Gasteiger partial charge in [0.05, 0.1) is 36.9 Å². The highest BCUT2D eigenvalue weighted by Crippen LogP contribution is 2.29. The van der Waals surface area contributed by atoms with E-state index in [1.807, 2.05) is 0 Å². The van der Waals surface area contributed by atoms with Crippen LogP contribution in [0.4, 0.5) is 15.8 Å². The molecule has 0 bridgehead atoms. The molecule has 9 heteroatoms. The summed E-state index contributed by atoms with van der Waals surface area (Å²) in [4.78, 5) is 24.6. The molecule has 0 fully saturated rings. The van der Waals surface area contributed by atoms with E-state index in [4.69, 9.17) is 9.47 Å². The summed E-state index contributed by atoms with van der Waals surface area (Å²) in [5, 5.41) is 13.6. The van der Waals surface area contributed by atoms with Crippen molar-refractivity contribution >= 4 is 17.3 Å². The van der Waals surface area contributed by atoms with Gasteiger partial charge in [-0.3, -0.25) is 19.8 Å². The van der Waals surface area contributed by atoms with Crippen LogP contribution >= 0.6 is 0 Å². The van der Waals surface area contributed by atoms with Crippen LogP contribution in [0.15, 0.2) is 36.4 Å². The summed E-state index contributed by atoms with van der Waals surface area (Å²) in [7, 11) is 4.49. The zero-order chi connectivity index (χ0) is 20.8. The molecular formula is C19H22FN3O5. The molecule has 2 rings (SSSR count). The van der Waals surface area contributed by atoms with Crippen LogP contribution in [0.25, 0.3) is 0 Å². The van der Waals surface area contributed by atoms with E-state index in [9.17, 15) is 19.3 Å². The number of hydrogen-bond donors (Lipinski definition) is 1. The molecule has 2 aromatic carbocycles. The van der Waals surface area contributed by atoms with E-state index in [0.717, 1.165) is 0 Å². The molecule has 0 spiro atoms. The lowest BCUT2D eigenvalue weighted by atomic mass is 10.1. The lowest BCUT2D eigenvalue weighted by molar-refractivity contribution is -0.384. The molecule has 0 aromatic heterocycles. The van der Waals surface area contributed by atoms with E-state index in [-0.39, 0.29) is 23.1 Å². The van der Waals surface area contributed by atoms with Crippen molar-refractivity contribution in [2.45, 2.75) is 19.5 Å². The first-order chi connectivity index (χ1) is 13.3. The Labute approximate surface area is 162 Å². The monoisotopic (exact) mass is 391 g/mol. The van der Waals surface area contributed by atoms with Gasteiger partial charge in [0.25, 0.3) is 5.69 Å². The molecule has 0 radical (unpaired) electrons. The zero-order valence-electron chi connectivity index (χ0n) is 16.1. The first-order valence-electron chi connectivity index (χ1n) is 8.42. The molecule has 0 saturated heterocycles. The lowest BCUT2D eigenvalue weighted by Gasteiger charge is -2.24. The second-order valence-corrected chi connectivity index (χ2v) is 6.19. The highest BCUT2D eigenvalue weighted by Gasteiger charge is 2.21. The molecule has 0 aliphatic heterocycles. The normalized spacial score (nSPS) is 11.8. The summed E-state index contributed by atoms with van der Waals surface area (Å²) >= 11 is 0. The fraction of sp³-hybridized carbons (Fsp3) is 0.316. The van der Waals surface area contributed by atoms with Gasteiger partial charge in [-0.2, -0.15) is 0 Å². The fourth-order valence-electron chi connectivity index (χ4n) is 2.57. The molecule has 0 heterocycles. The maximum Gasteiger partial charge on any atom is 0.273 e. The molecule has 150 valence electrons. The summed E-state index contributed by atoms with van der Waals surface area (Å²) in [6.45, 7) is 2.04. The maximum atomic E-state index is 13.8. The third-order valence-electron chi connectivity index (χ3n) is 4.34. The van der Waals surface area contributed by atoms with Gasteiger partial charge in [0, 0.05) is 12.6 Å². The second kappa shape index (κ2) is 9.14. The van der Waals surface area contributed by atoms with Gasteiger partial charge in [-0.1, -0.05) is 6.07 Å². The van der Waals surface area contributed by atoms with Crippen molar-refractivity contribution in [2.75, 3.05) is 26.6 Å². The molecule has 0 aliphatic rings. The van der Waals surface area contributed by atoms with E-state index in [1.165, 1.54) is 44.6 Å². The van der Waals surface area contributed by atoms with Gasteiger partial charge in [-0.25, -0.2) is 4.39 Å². The van der Waals surface area contributed by atoms with E-state index >= 15 is 0 Å². The minimum absolute atomic E-state index is 0.137. The summed E-state index contributed by atoms with van der Waals surface area (Å²) < 4.78 is 23.9. The van der Waals surface area contributed by atoms with Crippen molar-refractivity contribution in [3.05, 3.63) is 57.9 Å². The highest BCUT2D eigenvalue weighted by molar-refractivity contribution is 5.96. The van der Waals surface area contributed by atoms with Gasteiger partial charge in [0.2, 0.25) is 5.91 Å². The first kappa shape index (κ1) is 21.1. The summed E-state index contributed by atoms with van der Waals surface area (Å²) in [5.74, 6) is -0.457. The topological polar surface area (TPSA) is 93.9 Å². The number of methoxy groups -OCH3 is 2. The largest absolute Gasteiger partial charge is 0.494 e. The Hall–Kier alpha value is -3.20. The molecule has 2 aromatic rings. The van der Waals surface area contributed by atoms with Crippen LogP contribution < -0.4 is 14.8 Å². The van der Waals surface area contributed by atoms with Gasteiger partial charge in [-0.15, -0.1) is 0 Å². The van der Waals surface area contributed by atoms with Gasteiger partial charge in [-0.05, 0) is 37.7 Å². The van der Waals surface area contributed by atoms with Crippen molar-refractivity contribution in [3.8, 4) is 11.5 Å². The molecule has 1 atom stereocenters. The average molecular weight is 391 g/mol. The second-order valence-electron chi connectivity index (χ2n) is 6.19. The minimum Gasteiger partial charge on any atom is -0.494 e. The van der Waals surface area contributed by atoms with E-state index in [2.05, 4.69) is 5.32 Å². The van der Waals surface area contributed by atoms with Crippen LogP contribution in [-0.2, 0) is 11.3 Å². The fourth-order valence-corrected chi connectivity index (χ4v) is 2.57. The number of halogens is 1. The number of nitrogens with zero attached hydrogens (tertiary/aromatic N) is 2. The average Bonchev–Trinajstić information content (AvgIpc) is 2.67. The van der Waals surface area contributed by atoms with Crippen molar-refractivity contribution in [2.24, 2.45) is 0 Å². The number of amides is 1.